The summed E-state index contributed by atoms with van der Waals surface area (Å²) in [5.41, 5.74) is 1.03. The predicted molar refractivity (Wildman–Crippen MR) is 107 cm³/mol. The van der Waals surface area contributed by atoms with Gasteiger partial charge in [0, 0.05) is 25.3 Å². The van der Waals surface area contributed by atoms with Gasteiger partial charge in [-0.05, 0) is 55.0 Å². The van der Waals surface area contributed by atoms with Crippen LogP contribution in [0.15, 0.2) is 53.4 Å². The molecule has 0 atom stereocenters. The van der Waals surface area contributed by atoms with E-state index in [1.165, 1.54) is 26.2 Å². The minimum Gasteiger partial charge on any atom is -0.494 e. The van der Waals surface area contributed by atoms with Crippen molar-refractivity contribution in [1.82, 2.24) is 4.31 Å². The van der Waals surface area contributed by atoms with Crippen molar-refractivity contribution in [3.8, 4) is 5.75 Å². The molecule has 0 heterocycles. The molecule has 27 heavy (non-hydrogen) atoms. The molecule has 0 radical (unpaired) electrons. The number of sulfonamides is 1. The van der Waals surface area contributed by atoms with Crippen LogP contribution in [0.1, 0.15) is 36.5 Å². The Morgan fingerprint density at radius 1 is 1.00 bits per heavy atom. The summed E-state index contributed by atoms with van der Waals surface area (Å²) in [7, 11) is -0.535. The first-order valence-corrected chi connectivity index (χ1v) is 10.4. The zero-order valence-corrected chi connectivity index (χ0v) is 16.8. The molecule has 0 aliphatic rings. The van der Waals surface area contributed by atoms with E-state index >= 15 is 0 Å². The highest BCUT2D eigenvalue weighted by Gasteiger charge is 2.16. The van der Waals surface area contributed by atoms with Crippen molar-refractivity contribution in [2.75, 3.05) is 26.0 Å². The number of benzene rings is 2. The Kier molecular flexibility index (Phi) is 7.38. The molecule has 0 saturated heterocycles. The van der Waals surface area contributed by atoms with Gasteiger partial charge < -0.3 is 10.1 Å². The fourth-order valence-electron chi connectivity index (χ4n) is 2.37. The summed E-state index contributed by atoms with van der Waals surface area (Å²) >= 11 is 0. The van der Waals surface area contributed by atoms with Crippen LogP contribution < -0.4 is 10.1 Å². The van der Waals surface area contributed by atoms with Crippen LogP contribution in [0.2, 0.25) is 0 Å². The zero-order valence-electron chi connectivity index (χ0n) is 15.9. The van der Waals surface area contributed by atoms with E-state index in [0.29, 0.717) is 17.9 Å². The number of hydrogen-bond acceptors (Lipinski definition) is 4. The molecule has 0 bridgehead atoms. The topological polar surface area (TPSA) is 75.7 Å². The number of anilines is 1. The van der Waals surface area contributed by atoms with Crippen LogP contribution in [0.25, 0.3) is 0 Å². The minimum absolute atomic E-state index is 0.176. The standard InChI is InChI=1S/C20H26N2O4S/c1-4-5-6-15-26-18-11-7-16(8-12-18)20(23)21-17-9-13-19(14-10-17)27(24,25)22(2)3/h7-14H,4-6,15H2,1-3H3,(H,21,23). The monoisotopic (exact) mass is 390 g/mol. The maximum atomic E-state index is 12.3. The second-order valence-electron chi connectivity index (χ2n) is 6.35. The molecule has 1 amide bonds. The molecule has 6 nitrogen and oxygen atoms in total. The smallest absolute Gasteiger partial charge is 0.255 e. The lowest BCUT2D eigenvalue weighted by atomic mass is 10.2. The van der Waals surface area contributed by atoms with Crippen molar-refractivity contribution in [3.05, 3.63) is 54.1 Å². The Morgan fingerprint density at radius 3 is 2.19 bits per heavy atom. The SMILES string of the molecule is CCCCCOc1ccc(C(=O)Nc2ccc(S(=O)(=O)N(C)C)cc2)cc1. The summed E-state index contributed by atoms with van der Waals surface area (Å²) in [6.45, 7) is 2.81. The summed E-state index contributed by atoms with van der Waals surface area (Å²) < 4.78 is 30.9. The van der Waals surface area contributed by atoms with E-state index < -0.39 is 10.0 Å². The highest BCUT2D eigenvalue weighted by Crippen LogP contribution is 2.18. The van der Waals surface area contributed by atoms with E-state index in [1.54, 1.807) is 36.4 Å². The average Bonchev–Trinajstić information content (AvgIpc) is 2.66. The van der Waals surface area contributed by atoms with Gasteiger partial charge in [-0.1, -0.05) is 19.8 Å². The maximum Gasteiger partial charge on any atom is 0.255 e. The molecule has 2 aromatic carbocycles. The van der Waals surface area contributed by atoms with Crippen LogP contribution in [0.3, 0.4) is 0 Å². The van der Waals surface area contributed by atoms with Crippen molar-refractivity contribution in [3.63, 3.8) is 0 Å². The van der Waals surface area contributed by atoms with Gasteiger partial charge in [0.25, 0.3) is 5.91 Å². The molecular weight excluding hydrogens is 364 g/mol. The minimum atomic E-state index is -3.48. The first-order valence-electron chi connectivity index (χ1n) is 8.91. The third kappa shape index (κ3) is 5.80. The third-order valence-corrected chi connectivity index (χ3v) is 5.85. The third-order valence-electron chi connectivity index (χ3n) is 4.02. The van der Waals surface area contributed by atoms with Crippen molar-refractivity contribution >= 4 is 21.6 Å². The van der Waals surface area contributed by atoms with Crippen molar-refractivity contribution in [2.24, 2.45) is 0 Å². The molecule has 146 valence electrons. The molecule has 0 aliphatic carbocycles. The Bertz CT molecular complexity index is 845. The predicted octanol–water partition coefficient (Wildman–Crippen LogP) is 3.76. The van der Waals surface area contributed by atoms with Crippen LogP contribution in [0, 0.1) is 0 Å². The van der Waals surface area contributed by atoms with E-state index in [-0.39, 0.29) is 10.8 Å². The first-order chi connectivity index (χ1) is 12.8. The van der Waals surface area contributed by atoms with Gasteiger partial charge in [-0.15, -0.1) is 0 Å². The number of carbonyl (C=O) groups is 1. The van der Waals surface area contributed by atoms with Crippen LogP contribution in [-0.4, -0.2) is 39.3 Å². The quantitative estimate of drug-likeness (QED) is 0.662. The number of carbonyl (C=O) groups excluding carboxylic acids is 1. The van der Waals surface area contributed by atoms with E-state index in [2.05, 4.69) is 12.2 Å². The summed E-state index contributed by atoms with van der Waals surface area (Å²) in [5, 5.41) is 2.76. The highest BCUT2D eigenvalue weighted by molar-refractivity contribution is 7.89. The van der Waals surface area contributed by atoms with E-state index in [4.69, 9.17) is 4.74 Å². The molecule has 0 unspecified atom stereocenters. The Labute approximate surface area is 161 Å². The fraction of sp³-hybridized carbons (Fsp3) is 0.350. The van der Waals surface area contributed by atoms with Gasteiger partial charge in [-0.3, -0.25) is 4.79 Å². The second kappa shape index (κ2) is 9.53. The molecular formula is C20H26N2O4S. The van der Waals surface area contributed by atoms with Gasteiger partial charge in [0.05, 0.1) is 11.5 Å². The molecule has 2 rings (SSSR count). The first kappa shape index (κ1) is 20.9. The zero-order chi connectivity index (χ0) is 19.9. The number of amides is 1. The lowest BCUT2D eigenvalue weighted by molar-refractivity contribution is 0.102. The number of rotatable bonds is 9. The van der Waals surface area contributed by atoms with Crippen molar-refractivity contribution in [2.45, 2.75) is 31.1 Å². The lowest BCUT2D eigenvalue weighted by Crippen LogP contribution is -2.22. The van der Waals surface area contributed by atoms with Crippen LogP contribution in [0.4, 0.5) is 5.69 Å². The summed E-state index contributed by atoms with van der Waals surface area (Å²) in [6.07, 6.45) is 3.29. The van der Waals surface area contributed by atoms with E-state index in [1.807, 2.05) is 0 Å². The van der Waals surface area contributed by atoms with Gasteiger partial charge in [-0.25, -0.2) is 12.7 Å². The normalized spacial score (nSPS) is 11.4. The van der Waals surface area contributed by atoms with Crippen LogP contribution in [-0.2, 0) is 10.0 Å². The molecule has 0 aliphatic heterocycles. The number of hydrogen-bond donors (Lipinski definition) is 1. The maximum absolute atomic E-state index is 12.3. The molecule has 0 saturated carbocycles. The summed E-state index contributed by atoms with van der Waals surface area (Å²) in [4.78, 5) is 12.5. The molecule has 7 heteroatoms. The lowest BCUT2D eigenvalue weighted by Gasteiger charge is -2.12. The Morgan fingerprint density at radius 2 is 1.63 bits per heavy atom. The van der Waals surface area contributed by atoms with Gasteiger partial charge in [0.15, 0.2) is 0 Å². The number of unbranched alkanes of at least 4 members (excludes halogenated alkanes) is 2. The molecule has 0 spiro atoms. The van der Waals surface area contributed by atoms with Gasteiger partial charge >= 0.3 is 0 Å². The van der Waals surface area contributed by atoms with Crippen LogP contribution >= 0.6 is 0 Å². The van der Waals surface area contributed by atoms with Gasteiger partial charge in [-0.2, -0.15) is 0 Å². The molecule has 0 aromatic heterocycles. The largest absolute Gasteiger partial charge is 0.494 e. The average molecular weight is 391 g/mol. The molecule has 0 fully saturated rings. The van der Waals surface area contributed by atoms with Crippen LogP contribution in [0.5, 0.6) is 5.75 Å². The fourth-order valence-corrected chi connectivity index (χ4v) is 3.27. The summed E-state index contributed by atoms with van der Waals surface area (Å²) in [5.74, 6) is 0.469. The van der Waals surface area contributed by atoms with Gasteiger partial charge in [0.2, 0.25) is 10.0 Å². The highest BCUT2D eigenvalue weighted by atomic mass is 32.2. The number of nitrogens with zero attached hydrogens (tertiary/aromatic N) is 1. The Balaban J connectivity index is 1.97. The van der Waals surface area contributed by atoms with Gasteiger partial charge in [0.1, 0.15) is 5.75 Å². The molecule has 2 aromatic rings. The van der Waals surface area contributed by atoms with Crippen molar-refractivity contribution in [1.29, 1.82) is 0 Å². The van der Waals surface area contributed by atoms with E-state index in [9.17, 15) is 13.2 Å². The molecule has 1 N–H and O–H groups in total. The van der Waals surface area contributed by atoms with E-state index in [0.717, 1.165) is 29.3 Å². The summed E-state index contributed by atoms with van der Waals surface area (Å²) in [6, 6.07) is 13.0. The Hall–Kier alpha value is -2.38. The van der Waals surface area contributed by atoms with Crippen molar-refractivity contribution < 1.29 is 17.9 Å². The number of nitrogens with one attached hydrogen (secondary N) is 1. The second-order valence-corrected chi connectivity index (χ2v) is 8.50. The number of ether oxygens (including phenoxy) is 1.